The minimum absolute atomic E-state index is 0.0924. The molecule has 1 heterocycles. The van der Waals surface area contributed by atoms with Gasteiger partial charge in [0.15, 0.2) is 5.96 Å². The van der Waals surface area contributed by atoms with E-state index in [-0.39, 0.29) is 5.91 Å². The van der Waals surface area contributed by atoms with E-state index in [0.29, 0.717) is 24.1 Å². The molecule has 1 saturated heterocycles. The van der Waals surface area contributed by atoms with Gasteiger partial charge in [-0.15, -0.1) is 0 Å². The molecule has 1 aromatic carbocycles. The Morgan fingerprint density at radius 2 is 2.00 bits per heavy atom. The number of hydrogen-bond donors (Lipinski definition) is 2. The lowest BCUT2D eigenvalue weighted by molar-refractivity contribution is 0.0954. The number of ether oxygens (including phenoxy) is 1. The van der Waals surface area contributed by atoms with Crippen molar-refractivity contribution in [2.75, 3.05) is 39.8 Å². The molecular formula is C19H30N4O2. The fourth-order valence-electron chi connectivity index (χ4n) is 2.89. The lowest BCUT2D eigenvalue weighted by atomic mass is 9.93. The number of carbonyl (C=O) groups excluding carboxylic acids is 1. The first kappa shape index (κ1) is 19.1. The highest BCUT2D eigenvalue weighted by Crippen LogP contribution is 2.28. The van der Waals surface area contributed by atoms with Gasteiger partial charge in [-0.1, -0.05) is 13.8 Å². The Morgan fingerprint density at radius 1 is 1.28 bits per heavy atom. The van der Waals surface area contributed by atoms with Crippen LogP contribution in [0.2, 0.25) is 0 Å². The first-order chi connectivity index (χ1) is 11.9. The number of amides is 1. The highest BCUT2D eigenvalue weighted by molar-refractivity contribution is 5.94. The number of nitrogens with zero attached hydrogens (tertiary/aromatic N) is 2. The number of nitrogens with one attached hydrogen (secondary N) is 2. The summed E-state index contributed by atoms with van der Waals surface area (Å²) in [4.78, 5) is 19.1. The van der Waals surface area contributed by atoms with Crippen LogP contribution in [0.15, 0.2) is 29.3 Å². The van der Waals surface area contributed by atoms with Crippen LogP contribution in [-0.4, -0.2) is 56.6 Å². The van der Waals surface area contributed by atoms with Crippen LogP contribution in [0.1, 0.15) is 37.6 Å². The quantitative estimate of drug-likeness (QED) is 0.470. The molecule has 138 valence electrons. The van der Waals surface area contributed by atoms with Crippen LogP contribution in [0.25, 0.3) is 0 Å². The molecule has 2 rings (SSSR count). The summed E-state index contributed by atoms with van der Waals surface area (Å²) >= 11 is 0. The zero-order chi connectivity index (χ0) is 18.3. The van der Waals surface area contributed by atoms with Crippen molar-refractivity contribution >= 4 is 11.9 Å². The standard InChI is InChI=1S/C19H30N4O2/c1-5-20-18(23-13-10-19(2,3)14-23)22-12-11-21-17(24)15-6-8-16(25-4)9-7-15/h6-9H,5,10-14H2,1-4H3,(H,20,22)(H,21,24). The maximum atomic E-state index is 12.1. The number of guanidine groups is 1. The molecule has 1 amide bonds. The fraction of sp³-hybridized carbons (Fsp3) is 0.579. The Bertz CT molecular complexity index is 596. The minimum Gasteiger partial charge on any atom is -0.497 e. The maximum absolute atomic E-state index is 12.1. The van der Waals surface area contributed by atoms with Crippen molar-refractivity contribution in [2.24, 2.45) is 10.4 Å². The van der Waals surface area contributed by atoms with Crippen molar-refractivity contribution in [3.63, 3.8) is 0 Å². The predicted molar refractivity (Wildman–Crippen MR) is 101 cm³/mol. The third-order valence-corrected chi connectivity index (χ3v) is 4.32. The Morgan fingerprint density at radius 3 is 2.56 bits per heavy atom. The van der Waals surface area contributed by atoms with Crippen LogP contribution in [0.4, 0.5) is 0 Å². The van der Waals surface area contributed by atoms with Crippen molar-refractivity contribution in [3.8, 4) is 5.75 Å². The second-order valence-electron chi connectivity index (χ2n) is 7.06. The summed E-state index contributed by atoms with van der Waals surface area (Å²) in [5, 5.41) is 6.25. The van der Waals surface area contributed by atoms with Gasteiger partial charge in [0.25, 0.3) is 5.91 Å². The number of rotatable bonds is 6. The summed E-state index contributed by atoms with van der Waals surface area (Å²) in [6.45, 7) is 10.6. The summed E-state index contributed by atoms with van der Waals surface area (Å²) in [5.74, 6) is 1.59. The van der Waals surface area contributed by atoms with Crippen LogP contribution < -0.4 is 15.4 Å². The van der Waals surface area contributed by atoms with Crippen molar-refractivity contribution in [3.05, 3.63) is 29.8 Å². The van der Waals surface area contributed by atoms with E-state index in [1.807, 2.05) is 0 Å². The molecule has 0 saturated carbocycles. The Balaban J connectivity index is 1.83. The van der Waals surface area contributed by atoms with Gasteiger partial charge < -0.3 is 20.3 Å². The number of carbonyl (C=O) groups is 1. The number of benzene rings is 1. The van der Waals surface area contributed by atoms with E-state index in [9.17, 15) is 4.79 Å². The number of hydrogen-bond acceptors (Lipinski definition) is 3. The second-order valence-corrected chi connectivity index (χ2v) is 7.06. The van der Waals surface area contributed by atoms with Crippen LogP contribution in [0, 0.1) is 5.41 Å². The SMILES string of the molecule is CCNC(=NCCNC(=O)c1ccc(OC)cc1)N1CCC(C)(C)C1. The van der Waals surface area contributed by atoms with Gasteiger partial charge in [0.2, 0.25) is 0 Å². The molecule has 0 aromatic heterocycles. The molecule has 1 aromatic rings. The molecule has 0 bridgehead atoms. The van der Waals surface area contributed by atoms with E-state index < -0.39 is 0 Å². The average Bonchev–Trinajstić information content (AvgIpc) is 2.97. The Kier molecular flexibility index (Phi) is 6.67. The van der Waals surface area contributed by atoms with Gasteiger partial charge in [-0.25, -0.2) is 0 Å². The highest BCUT2D eigenvalue weighted by Gasteiger charge is 2.30. The lowest BCUT2D eigenvalue weighted by Crippen LogP contribution is -2.41. The molecule has 0 unspecified atom stereocenters. The van der Waals surface area contributed by atoms with Crippen LogP contribution in [-0.2, 0) is 0 Å². The third-order valence-electron chi connectivity index (χ3n) is 4.32. The molecule has 2 N–H and O–H groups in total. The minimum atomic E-state index is -0.0924. The molecule has 1 aliphatic rings. The molecule has 0 atom stereocenters. The molecule has 0 spiro atoms. The Hall–Kier alpha value is -2.24. The summed E-state index contributed by atoms with van der Waals surface area (Å²) in [7, 11) is 1.61. The van der Waals surface area contributed by atoms with E-state index in [2.05, 4.69) is 41.3 Å². The van der Waals surface area contributed by atoms with Crippen molar-refractivity contribution in [2.45, 2.75) is 27.2 Å². The summed E-state index contributed by atoms with van der Waals surface area (Å²) < 4.78 is 5.10. The van der Waals surface area contributed by atoms with Crippen LogP contribution in [0.5, 0.6) is 5.75 Å². The summed E-state index contributed by atoms with van der Waals surface area (Å²) in [5.41, 5.74) is 0.955. The molecule has 0 radical (unpaired) electrons. The first-order valence-corrected chi connectivity index (χ1v) is 8.91. The second kappa shape index (κ2) is 8.74. The lowest BCUT2D eigenvalue weighted by Gasteiger charge is -2.23. The van der Waals surface area contributed by atoms with Gasteiger partial charge >= 0.3 is 0 Å². The number of methoxy groups -OCH3 is 1. The number of likely N-dealkylation sites (tertiary alicyclic amines) is 1. The van der Waals surface area contributed by atoms with E-state index in [1.165, 1.54) is 6.42 Å². The number of aliphatic imine (C=N–C) groups is 1. The van der Waals surface area contributed by atoms with E-state index in [0.717, 1.165) is 31.3 Å². The van der Waals surface area contributed by atoms with E-state index in [1.54, 1.807) is 31.4 Å². The first-order valence-electron chi connectivity index (χ1n) is 8.91. The monoisotopic (exact) mass is 346 g/mol. The highest BCUT2D eigenvalue weighted by atomic mass is 16.5. The van der Waals surface area contributed by atoms with Crippen molar-refractivity contribution in [1.82, 2.24) is 15.5 Å². The molecule has 25 heavy (non-hydrogen) atoms. The molecule has 1 fully saturated rings. The molecule has 6 nitrogen and oxygen atoms in total. The topological polar surface area (TPSA) is 66.0 Å². The molecule has 1 aliphatic heterocycles. The van der Waals surface area contributed by atoms with Gasteiger partial charge in [-0.3, -0.25) is 9.79 Å². The average molecular weight is 346 g/mol. The molecular weight excluding hydrogens is 316 g/mol. The van der Waals surface area contributed by atoms with Crippen LogP contribution >= 0.6 is 0 Å². The third kappa shape index (κ3) is 5.66. The fourth-order valence-corrected chi connectivity index (χ4v) is 2.89. The van der Waals surface area contributed by atoms with Gasteiger partial charge in [0, 0.05) is 31.7 Å². The summed E-state index contributed by atoms with van der Waals surface area (Å²) in [6, 6.07) is 7.08. The Labute approximate surface area is 150 Å². The largest absolute Gasteiger partial charge is 0.497 e. The zero-order valence-electron chi connectivity index (χ0n) is 15.8. The smallest absolute Gasteiger partial charge is 0.251 e. The van der Waals surface area contributed by atoms with Gasteiger partial charge in [-0.2, -0.15) is 0 Å². The van der Waals surface area contributed by atoms with Crippen molar-refractivity contribution < 1.29 is 9.53 Å². The normalized spacial score (nSPS) is 16.6. The molecule has 0 aliphatic carbocycles. The van der Waals surface area contributed by atoms with Gasteiger partial charge in [0.1, 0.15) is 5.75 Å². The van der Waals surface area contributed by atoms with Gasteiger partial charge in [0.05, 0.1) is 13.7 Å². The zero-order valence-corrected chi connectivity index (χ0v) is 15.8. The predicted octanol–water partition coefficient (Wildman–Crippen LogP) is 2.12. The van der Waals surface area contributed by atoms with Crippen molar-refractivity contribution in [1.29, 1.82) is 0 Å². The van der Waals surface area contributed by atoms with Crippen LogP contribution in [0.3, 0.4) is 0 Å². The molecule has 6 heteroatoms. The maximum Gasteiger partial charge on any atom is 0.251 e. The van der Waals surface area contributed by atoms with E-state index in [4.69, 9.17) is 4.74 Å². The van der Waals surface area contributed by atoms with Gasteiger partial charge in [-0.05, 0) is 43.0 Å². The van der Waals surface area contributed by atoms with E-state index >= 15 is 0 Å². The summed E-state index contributed by atoms with van der Waals surface area (Å²) in [6.07, 6.45) is 1.17.